The Hall–Kier alpha value is -2.08. The molecule has 2 aromatic carbocycles. The Bertz CT molecular complexity index is 808. The van der Waals surface area contributed by atoms with Gasteiger partial charge < -0.3 is 14.5 Å². The Morgan fingerprint density at radius 1 is 0.889 bits per heavy atom. The Labute approximate surface area is 165 Å². The Morgan fingerprint density at radius 3 is 2.37 bits per heavy atom. The number of nitrogens with zero attached hydrogens (tertiary/aromatic N) is 3. The number of ether oxygens (including phenoxy) is 1. The van der Waals surface area contributed by atoms with Crippen LogP contribution in [0, 0.1) is 0 Å². The molecule has 0 aliphatic carbocycles. The van der Waals surface area contributed by atoms with Gasteiger partial charge in [-0.1, -0.05) is 35.9 Å². The number of carbonyl (C=O) groups excluding carboxylic acids is 1. The van der Waals surface area contributed by atoms with Gasteiger partial charge in [0.2, 0.25) is 0 Å². The van der Waals surface area contributed by atoms with Gasteiger partial charge >= 0.3 is 0 Å². The molecule has 2 heterocycles. The Balaban J connectivity index is 1.52. The molecule has 0 saturated carbocycles. The van der Waals surface area contributed by atoms with Crippen molar-refractivity contribution in [2.75, 3.05) is 62.3 Å². The summed E-state index contributed by atoms with van der Waals surface area (Å²) in [5.41, 5.74) is 2.61. The molecule has 0 atom stereocenters. The van der Waals surface area contributed by atoms with Crippen LogP contribution in [0.5, 0.6) is 0 Å². The fourth-order valence-electron chi connectivity index (χ4n) is 3.73. The summed E-state index contributed by atoms with van der Waals surface area (Å²) < 4.78 is 5.43. The van der Waals surface area contributed by atoms with E-state index in [9.17, 15) is 4.79 Å². The number of fused-ring (bicyclic) bond motifs is 1. The number of rotatable bonds is 4. The van der Waals surface area contributed by atoms with Gasteiger partial charge in [-0.3, -0.25) is 9.69 Å². The van der Waals surface area contributed by atoms with E-state index in [1.54, 1.807) is 12.1 Å². The first-order valence-electron chi connectivity index (χ1n) is 9.44. The van der Waals surface area contributed by atoms with Crippen molar-refractivity contribution in [2.45, 2.75) is 0 Å². The molecule has 0 bridgehead atoms. The first-order chi connectivity index (χ1) is 13.2. The number of halogens is 1. The molecule has 2 aliphatic heterocycles. The first kappa shape index (κ1) is 18.3. The van der Waals surface area contributed by atoms with Gasteiger partial charge in [0.15, 0.2) is 0 Å². The first-order valence-corrected chi connectivity index (χ1v) is 9.82. The molecule has 0 radical (unpaired) electrons. The van der Waals surface area contributed by atoms with Crippen molar-refractivity contribution in [3.8, 4) is 0 Å². The van der Waals surface area contributed by atoms with E-state index in [2.05, 4.69) is 15.9 Å². The summed E-state index contributed by atoms with van der Waals surface area (Å²) in [5.74, 6) is -0.0409. The Kier molecular flexibility index (Phi) is 5.62. The van der Waals surface area contributed by atoms with Crippen LogP contribution in [0.2, 0.25) is 5.02 Å². The number of carbonyl (C=O) groups is 1. The quantitative estimate of drug-likeness (QED) is 0.810. The molecule has 1 saturated heterocycles. The number of para-hydroxylation sites is 2. The molecule has 6 heteroatoms. The molecule has 0 aromatic heterocycles. The van der Waals surface area contributed by atoms with Crippen molar-refractivity contribution in [2.24, 2.45) is 0 Å². The minimum Gasteiger partial charge on any atom is -0.379 e. The summed E-state index contributed by atoms with van der Waals surface area (Å²) >= 11 is 6.26. The Morgan fingerprint density at radius 2 is 1.59 bits per heavy atom. The van der Waals surface area contributed by atoms with Crippen molar-refractivity contribution in [3.63, 3.8) is 0 Å². The van der Waals surface area contributed by atoms with Crippen LogP contribution in [0.4, 0.5) is 11.4 Å². The number of benzene rings is 2. The smallest absolute Gasteiger partial charge is 0.259 e. The van der Waals surface area contributed by atoms with Crippen LogP contribution in [-0.4, -0.2) is 63.3 Å². The van der Waals surface area contributed by atoms with E-state index >= 15 is 0 Å². The van der Waals surface area contributed by atoms with Gasteiger partial charge in [0.25, 0.3) is 5.91 Å². The second kappa shape index (κ2) is 8.30. The molecule has 142 valence electrons. The van der Waals surface area contributed by atoms with Crippen LogP contribution in [0.25, 0.3) is 0 Å². The molecule has 27 heavy (non-hydrogen) atoms. The molecule has 2 aliphatic rings. The minimum atomic E-state index is -0.0409. The average Bonchev–Trinajstić information content (AvgIpc) is 2.72. The summed E-state index contributed by atoms with van der Waals surface area (Å²) in [6.07, 6.45) is 0. The van der Waals surface area contributed by atoms with Crippen LogP contribution in [0.3, 0.4) is 0 Å². The van der Waals surface area contributed by atoms with E-state index in [4.69, 9.17) is 16.3 Å². The normalized spacial score (nSPS) is 17.7. The molecular formula is C21H24ClN3O2. The van der Waals surface area contributed by atoms with Gasteiger partial charge in [0.1, 0.15) is 0 Å². The van der Waals surface area contributed by atoms with Crippen molar-refractivity contribution >= 4 is 28.9 Å². The molecule has 0 spiro atoms. The van der Waals surface area contributed by atoms with Gasteiger partial charge in [0, 0.05) is 39.3 Å². The van der Waals surface area contributed by atoms with Gasteiger partial charge in [-0.05, 0) is 24.3 Å². The number of hydrogen-bond donors (Lipinski definition) is 0. The van der Waals surface area contributed by atoms with Gasteiger partial charge in [0.05, 0.1) is 35.2 Å². The number of hydrogen-bond acceptors (Lipinski definition) is 4. The van der Waals surface area contributed by atoms with Gasteiger partial charge in [-0.15, -0.1) is 0 Å². The molecule has 2 aromatic rings. The summed E-state index contributed by atoms with van der Waals surface area (Å²) in [6.45, 7) is 7.05. The van der Waals surface area contributed by atoms with Crippen LogP contribution < -0.4 is 9.80 Å². The van der Waals surface area contributed by atoms with Crippen molar-refractivity contribution in [1.29, 1.82) is 0 Å². The maximum absolute atomic E-state index is 13.1. The second-order valence-electron chi connectivity index (χ2n) is 6.87. The minimum absolute atomic E-state index is 0.0409. The number of morpholine rings is 1. The zero-order chi connectivity index (χ0) is 18.6. The van der Waals surface area contributed by atoms with E-state index in [1.165, 1.54) is 0 Å². The molecule has 0 N–H and O–H groups in total. The van der Waals surface area contributed by atoms with E-state index < -0.39 is 0 Å². The van der Waals surface area contributed by atoms with E-state index in [0.29, 0.717) is 17.1 Å². The average molecular weight is 386 g/mol. The predicted molar refractivity (Wildman–Crippen MR) is 109 cm³/mol. The van der Waals surface area contributed by atoms with Crippen LogP contribution in [-0.2, 0) is 4.74 Å². The highest BCUT2D eigenvalue weighted by molar-refractivity contribution is 6.34. The fourth-order valence-corrected chi connectivity index (χ4v) is 3.95. The maximum atomic E-state index is 13.1. The highest BCUT2D eigenvalue weighted by atomic mass is 35.5. The van der Waals surface area contributed by atoms with Crippen LogP contribution in [0.15, 0.2) is 48.5 Å². The summed E-state index contributed by atoms with van der Waals surface area (Å²) in [6, 6.07) is 15.4. The number of anilines is 2. The van der Waals surface area contributed by atoms with E-state index in [-0.39, 0.29) is 5.91 Å². The molecular weight excluding hydrogens is 362 g/mol. The predicted octanol–water partition coefficient (Wildman–Crippen LogP) is 3.14. The van der Waals surface area contributed by atoms with E-state index in [0.717, 1.165) is 57.3 Å². The van der Waals surface area contributed by atoms with Crippen LogP contribution >= 0.6 is 11.6 Å². The third-order valence-electron chi connectivity index (χ3n) is 5.25. The zero-order valence-electron chi connectivity index (χ0n) is 15.3. The summed E-state index contributed by atoms with van der Waals surface area (Å²) in [5, 5.41) is 0.495. The molecule has 1 fully saturated rings. The largest absolute Gasteiger partial charge is 0.379 e. The molecule has 4 rings (SSSR count). The maximum Gasteiger partial charge on any atom is 0.259 e. The lowest BCUT2D eigenvalue weighted by Crippen LogP contribution is -2.47. The summed E-state index contributed by atoms with van der Waals surface area (Å²) in [4.78, 5) is 19.8. The van der Waals surface area contributed by atoms with Crippen molar-refractivity contribution in [3.05, 3.63) is 59.1 Å². The van der Waals surface area contributed by atoms with Gasteiger partial charge in [-0.25, -0.2) is 0 Å². The van der Waals surface area contributed by atoms with E-state index in [1.807, 2.05) is 35.2 Å². The molecule has 0 unspecified atom stereocenters. The standard InChI is InChI=1S/C21H24ClN3O2/c22-18-6-2-1-5-17(18)21(26)25-12-11-24(19-7-3-4-8-20(19)25)10-9-23-13-15-27-16-14-23/h1-8H,9-16H2. The highest BCUT2D eigenvalue weighted by Crippen LogP contribution is 2.34. The second-order valence-corrected chi connectivity index (χ2v) is 7.27. The van der Waals surface area contributed by atoms with Gasteiger partial charge in [-0.2, -0.15) is 0 Å². The van der Waals surface area contributed by atoms with Crippen LogP contribution in [0.1, 0.15) is 10.4 Å². The zero-order valence-corrected chi connectivity index (χ0v) is 16.1. The lowest BCUT2D eigenvalue weighted by atomic mass is 10.1. The highest BCUT2D eigenvalue weighted by Gasteiger charge is 2.28. The fraction of sp³-hybridized carbons (Fsp3) is 0.381. The van der Waals surface area contributed by atoms with Crippen molar-refractivity contribution in [1.82, 2.24) is 4.90 Å². The third-order valence-corrected chi connectivity index (χ3v) is 5.58. The number of amides is 1. The monoisotopic (exact) mass is 385 g/mol. The SMILES string of the molecule is O=C(c1ccccc1Cl)N1CCN(CCN2CCOCC2)c2ccccc21. The van der Waals surface area contributed by atoms with Crippen molar-refractivity contribution < 1.29 is 9.53 Å². The molecule has 5 nitrogen and oxygen atoms in total. The topological polar surface area (TPSA) is 36.0 Å². The third kappa shape index (κ3) is 3.95. The molecule has 1 amide bonds. The lowest BCUT2D eigenvalue weighted by Gasteiger charge is -2.39. The lowest BCUT2D eigenvalue weighted by molar-refractivity contribution is 0.0391. The summed E-state index contributed by atoms with van der Waals surface area (Å²) in [7, 11) is 0.